The lowest BCUT2D eigenvalue weighted by Gasteiger charge is -2.18. The summed E-state index contributed by atoms with van der Waals surface area (Å²) in [4.78, 5) is 18.4. The highest BCUT2D eigenvalue weighted by Crippen LogP contribution is 2.11. The van der Waals surface area contributed by atoms with Crippen molar-refractivity contribution in [1.29, 1.82) is 0 Å². The summed E-state index contributed by atoms with van der Waals surface area (Å²) in [5, 5.41) is 2.92. The maximum Gasteiger partial charge on any atom is 0.251 e. The second-order valence-electron chi connectivity index (χ2n) is 4.79. The number of anilines is 1. The number of hydrogen-bond acceptors (Lipinski definition) is 3. The van der Waals surface area contributed by atoms with Crippen molar-refractivity contribution in [2.24, 2.45) is 0 Å². The maximum absolute atomic E-state index is 12.0. The quantitative estimate of drug-likeness (QED) is 0.734. The van der Waals surface area contributed by atoms with Crippen LogP contribution in [0.25, 0.3) is 0 Å². The molecular formula is C15H25N3O. The molecule has 0 bridgehead atoms. The van der Waals surface area contributed by atoms with Gasteiger partial charge in [-0.15, -0.1) is 0 Å². The average molecular weight is 263 g/mol. The largest absolute Gasteiger partial charge is 0.360 e. The molecule has 1 aromatic rings. The molecule has 1 amide bonds. The summed E-state index contributed by atoms with van der Waals surface area (Å²) < 4.78 is 0. The van der Waals surface area contributed by atoms with Crippen molar-refractivity contribution in [2.45, 2.75) is 39.5 Å². The molecule has 0 fully saturated rings. The van der Waals surface area contributed by atoms with Crippen LogP contribution in [0, 0.1) is 0 Å². The zero-order valence-electron chi connectivity index (χ0n) is 12.3. The Morgan fingerprint density at radius 1 is 1.32 bits per heavy atom. The molecule has 4 heteroatoms. The van der Waals surface area contributed by atoms with E-state index in [4.69, 9.17) is 0 Å². The molecule has 1 N–H and O–H groups in total. The van der Waals surface area contributed by atoms with Crippen molar-refractivity contribution < 1.29 is 4.79 Å². The van der Waals surface area contributed by atoms with E-state index in [2.05, 4.69) is 29.0 Å². The summed E-state index contributed by atoms with van der Waals surface area (Å²) in [6.07, 6.45) is 6.08. The minimum atomic E-state index is -0.0130. The van der Waals surface area contributed by atoms with Crippen LogP contribution in [0.1, 0.15) is 49.9 Å². The number of unbranched alkanes of at least 4 members (excludes halogenated alkanes) is 2. The predicted molar refractivity (Wildman–Crippen MR) is 79.7 cm³/mol. The van der Waals surface area contributed by atoms with E-state index in [0.29, 0.717) is 5.56 Å². The number of hydrogen-bond donors (Lipinski definition) is 1. The van der Waals surface area contributed by atoms with Crippen LogP contribution in [0.3, 0.4) is 0 Å². The third-order valence-corrected chi connectivity index (χ3v) is 3.06. The fourth-order valence-corrected chi connectivity index (χ4v) is 1.76. The van der Waals surface area contributed by atoms with Gasteiger partial charge >= 0.3 is 0 Å². The van der Waals surface area contributed by atoms with Gasteiger partial charge in [0.15, 0.2) is 0 Å². The number of carbonyl (C=O) groups is 1. The molecule has 4 nitrogen and oxygen atoms in total. The zero-order chi connectivity index (χ0) is 14.1. The molecule has 0 aromatic carbocycles. The molecule has 1 aromatic heterocycles. The number of carbonyl (C=O) groups excluding carboxylic acids is 1. The molecule has 1 heterocycles. The van der Waals surface area contributed by atoms with Gasteiger partial charge in [0.1, 0.15) is 5.82 Å². The van der Waals surface area contributed by atoms with Gasteiger partial charge in [0.25, 0.3) is 5.91 Å². The second kappa shape index (κ2) is 8.51. The fraction of sp³-hybridized carbons (Fsp3) is 0.600. The van der Waals surface area contributed by atoms with Crippen molar-refractivity contribution in [3.63, 3.8) is 0 Å². The molecule has 0 aliphatic rings. The molecule has 106 valence electrons. The number of amides is 1. The van der Waals surface area contributed by atoms with Gasteiger partial charge in [0.05, 0.1) is 0 Å². The van der Waals surface area contributed by atoms with Crippen molar-refractivity contribution in [2.75, 3.05) is 25.0 Å². The Kier molecular flexibility index (Phi) is 6.93. The Morgan fingerprint density at radius 2 is 2.05 bits per heavy atom. The van der Waals surface area contributed by atoms with Crippen LogP contribution in [0.15, 0.2) is 18.3 Å². The van der Waals surface area contributed by atoms with Crippen LogP contribution >= 0.6 is 0 Å². The van der Waals surface area contributed by atoms with E-state index in [1.54, 1.807) is 12.3 Å². The molecular weight excluding hydrogens is 238 g/mol. The van der Waals surface area contributed by atoms with Gasteiger partial charge in [-0.05, 0) is 25.0 Å². The average Bonchev–Trinajstić information content (AvgIpc) is 2.45. The van der Waals surface area contributed by atoms with Gasteiger partial charge in [-0.3, -0.25) is 4.79 Å². The lowest BCUT2D eigenvalue weighted by Crippen LogP contribution is -2.25. The van der Waals surface area contributed by atoms with Crippen molar-refractivity contribution in [1.82, 2.24) is 10.3 Å². The zero-order valence-corrected chi connectivity index (χ0v) is 12.3. The van der Waals surface area contributed by atoms with Gasteiger partial charge in [0.2, 0.25) is 0 Å². The smallest absolute Gasteiger partial charge is 0.251 e. The summed E-state index contributed by atoms with van der Waals surface area (Å²) in [6, 6.07) is 3.62. The van der Waals surface area contributed by atoms with Crippen LogP contribution < -0.4 is 10.2 Å². The highest BCUT2D eigenvalue weighted by Gasteiger charge is 2.08. The molecule has 0 saturated carbocycles. The van der Waals surface area contributed by atoms with Crippen LogP contribution in [0.2, 0.25) is 0 Å². The van der Waals surface area contributed by atoms with Crippen LogP contribution in [-0.2, 0) is 0 Å². The first kappa shape index (κ1) is 15.5. The number of rotatable bonds is 8. The molecule has 0 aliphatic carbocycles. The minimum absolute atomic E-state index is 0.0130. The van der Waals surface area contributed by atoms with Gasteiger partial charge in [0, 0.05) is 31.9 Å². The topological polar surface area (TPSA) is 45.2 Å². The summed E-state index contributed by atoms with van der Waals surface area (Å²) in [5.41, 5.74) is 0.685. The van der Waals surface area contributed by atoms with Crippen LogP contribution in [0.5, 0.6) is 0 Å². The first-order valence-corrected chi connectivity index (χ1v) is 7.14. The SMILES string of the molecule is CCCCNC(=O)c1ccnc(N(C)CCCC)c1. The maximum atomic E-state index is 12.0. The Balaban J connectivity index is 2.62. The second-order valence-corrected chi connectivity index (χ2v) is 4.79. The van der Waals surface area contributed by atoms with Crippen molar-refractivity contribution in [3.05, 3.63) is 23.9 Å². The van der Waals surface area contributed by atoms with E-state index in [1.807, 2.05) is 13.1 Å². The monoisotopic (exact) mass is 263 g/mol. The Labute approximate surface area is 116 Å². The molecule has 0 aliphatic heterocycles. The van der Waals surface area contributed by atoms with Crippen LogP contribution in [-0.4, -0.2) is 31.0 Å². The third kappa shape index (κ3) is 5.28. The number of nitrogens with one attached hydrogen (secondary N) is 1. The standard InChI is InChI=1S/C15H25N3O/c1-4-6-9-17-15(19)13-8-10-16-14(12-13)18(3)11-7-5-2/h8,10,12H,4-7,9,11H2,1-3H3,(H,17,19). The number of aromatic nitrogens is 1. The number of pyridine rings is 1. The molecule has 1 rings (SSSR count). The lowest BCUT2D eigenvalue weighted by atomic mass is 10.2. The molecule has 0 saturated heterocycles. The summed E-state index contributed by atoms with van der Waals surface area (Å²) in [6.45, 7) is 5.97. The highest BCUT2D eigenvalue weighted by atomic mass is 16.1. The van der Waals surface area contributed by atoms with E-state index >= 15 is 0 Å². The van der Waals surface area contributed by atoms with E-state index in [0.717, 1.165) is 44.6 Å². The lowest BCUT2D eigenvalue weighted by molar-refractivity contribution is 0.0953. The first-order chi connectivity index (χ1) is 9.19. The third-order valence-electron chi connectivity index (χ3n) is 3.06. The fourth-order valence-electron chi connectivity index (χ4n) is 1.76. The van der Waals surface area contributed by atoms with Crippen molar-refractivity contribution in [3.8, 4) is 0 Å². The predicted octanol–water partition coefficient (Wildman–Crippen LogP) is 2.85. The normalized spacial score (nSPS) is 10.3. The molecule has 19 heavy (non-hydrogen) atoms. The summed E-state index contributed by atoms with van der Waals surface area (Å²) in [5.74, 6) is 0.845. The number of nitrogens with zero attached hydrogens (tertiary/aromatic N) is 2. The Morgan fingerprint density at radius 3 is 2.74 bits per heavy atom. The van der Waals surface area contributed by atoms with E-state index in [1.165, 1.54) is 0 Å². The molecule has 0 radical (unpaired) electrons. The summed E-state index contributed by atoms with van der Waals surface area (Å²) >= 11 is 0. The molecule has 0 unspecified atom stereocenters. The van der Waals surface area contributed by atoms with Crippen molar-refractivity contribution >= 4 is 11.7 Å². The highest BCUT2D eigenvalue weighted by molar-refractivity contribution is 5.94. The van der Waals surface area contributed by atoms with E-state index < -0.39 is 0 Å². The first-order valence-electron chi connectivity index (χ1n) is 7.14. The van der Waals surface area contributed by atoms with E-state index in [9.17, 15) is 4.79 Å². The summed E-state index contributed by atoms with van der Waals surface area (Å²) in [7, 11) is 2.01. The van der Waals surface area contributed by atoms with Gasteiger partial charge in [-0.1, -0.05) is 26.7 Å². The molecule has 0 spiro atoms. The Hall–Kier alpha value is -1.58. The van der Waals surface area contributed by atoms with Crippen LogP contribution in [0.4, 0.5) is 5.82 Å². The van der Waals surface area contributed by atoms with E-state index in [-0.39, 0.29) is 5.91 Å². The van der Waals surface area contributed by atoms with Gasteiger partial charge in [-0.25, -0.2) is 4.98 Å². The molecule has 0 atom stereocenters. The van der Waals surface area contributed by atoms with Gasteiger partial charge in [-0.2, -0.15) is 0 Å². The van der Waals surface area contributed by atoms with Gasteiger partial charge < -0.3 is 10.2 Å². The minimum Gasteiger partial charge on any atom is -0.360 e. The Bertz CT molecular complexity index is 393.